The maximum Gasteiger partial charge on any atom is 0.211 e. The van der Waals surface area contributed by atoms with Gasteiger partial charge in [-0.1, -0.05) is 0 Å². The van der Waals surface area contributed by atoms with Crippen LogP contribution in [-0.4, -0.2) is 37.7 Å². The normalized spacial score (nSPS) is 11.8. The summed E-state index contributed by atoms with van der Waals surface area (Å²) in [7, 11) is -1.91. The number of halogens is 2. The number of nitrogens with zero attached hydrogens (tertiary/aromatic N) is 2. The molecule has 23 heavy (non-hydrogen) atoms. The molecule has 0 aliphatic carbocycles. The lowest BCUT2D eigenvalue weighted by Crippen LogP contribution is -2.26. The highest BCUT2D eigenvalue weighted by Gasteiger charge is 2.12. The van der Waals surface area contributed by atoms with E-state index < -0.39 is 21.7 Å². The van der Waals surface area contributed by atoms with E-state index in [4.69, 9.17) is 4.74 Å². The fourth-order valence-corrected chi connectivity index (χ4v) is 2.94. The van der Waals surface area contributed by atoms with E-state index in [9.17, 15) is 17.2 Å². The summed E-state index contributed by atoms with van der Waals surface area (Å²) in [5, 5.41) is 3.95. The van der Waals surface area contributed by atoms with Crippen LogP contribution in [0.5, 0.6) is 0 Å². The third-order valence-corrected chi connectivity index (χ3v) is 4.46. The van der Waals surface area contributed by atoms with E-state index in [-0.39, 0.29) is 18.0 Å². The lowest BCUT2D eigenvalue weighted by Gasteiger charge is -2.05. The van der Waals surface area contributed by atoms with Crippen LogP contribution in [0.25, 0.3) is 5.69 Å². The van der Waals surface area contributed by atoms with Gasteiger partial charge in [-0.2, -0.15) is 5.10 Å². The number of methoxy groups -OCH3 is 1. The van der Waals surface area contributed by atoms with Gasteiger partial charge < -0.3 is 4.74 Å². The molecule has 0 amide bonds. The quantitative estimate of drug-likeness (QED) is 0.738. The van der Waals surface area contributed by atoms with E-state index in [1.165, 1.54) is 30.3 Å². The molecule has 0 atom stereocenters. The van der Waals surface area contributed by atoms with Crippen molar-refractivity contribution in [2.24, 2.45) is 0 Å². The van der Waals surface area contributed by atoms with Crippen LogP contribution in [-0.2, 0) is 21.3 Å². The predicted molar refractivity (Wildman–Crippen MR) is 80.6 cm³/mol. The molecule has 0 aliphatic rings. The summed E-state index contributed by atoms with van der Waals surface area (Å²) in [5.41, 5.74) is 0.643. The van der Waals surface area contributed by atoms with E-state index in [1.807, 2.05) is 0 Å². The summed E-state index contributed by atoms with van der Waals surface area (Å²) < 4.78 is 58.5. The van der Waals surface area contributed by atoms with Gasteiger partial charge in [0.1, 0.15) is 11.5 Å². The molecule has 0 fully saturated rings. The van der Waals surface area contributed by atoms with Crippen molar-refractivity contribution in [1.29, 1.82) is 0 Å². The van der Waals surface area contributed by atoms with Crippen LogP contribution >= 0.6 is 0 Å². The zero-order valence-electron chi connectivity index (χ0n) is 12.5. The first-order valence-electron chi connectivity index (χ1n) is 6.86. The molecule has 2 rings (SSSR count). The molecule has 0 saturated heterocycles. The SMILES string of the molecule is COCCCS(=O)(=O)NCc1cnn(-c2ccc(F)cc2F)c1. The Bertz CT molecular complexity index is 762. The minimum atomic E-state index is -3.41. The Morgan fingerprint density at radius 3 is 2.83 bits per heavy atom. The molecule has 1 heterocycles. The monoisotopic (exact) mass is 345 g/mol. The molecule has 2 aromatic rings. The van der Waals surface area contributed by atoms with Crippen LogP contribution in [0.1, 0.15) is 12.0 Å². The van der Waals surface area contributed by atoms with Gasteiger partial charge in [-0.3, -0.25) is 0 Å². The van der Waals surface area contributed by atoms with Crippen molar-refractivity contribution in [1.82, 2.24) is 14.5 Å². The number of nitrogens with one attached hydrogen (secondary N) is 1. The third kappa shape index (κ3) is 5.08. The van der Waals surface area contributed by atoms with Crippen LogP contribution < -0.4 is 4.72 Å². The summed E-state index contributed by atoms with van der Waals surface area (Å²) in [6, 6.07) is 3.14. The summed E-state index contributed by atoms with van der Waals surface area (Å²) >= 11 is 0. The number of sulfonamides is 1. The summed E-state index contributed by atoms with van der Waals surface area (Å²) in [6.45, 7) is 0.404. The van der Waals surface area contributed by atoms with E-state index in [2.05, 4.69) is 9.82 Å². The largest absolute Gasteiger partial charge is 0.385 e. The fourth-order valence-electron chi connectivity index (χ4n) is 1.91. The van der Waals surface area contributed by atoms with Gasteiger partial charge in [-0.05, 0) is 18.6 Å². The van der Waals surface area contributed by atoms with E-state index in [1.54, 1.807) is 0 Å². The first-order chi connectivity index (χ1) is 10.9. The molecule has 1 N–H and O–H groups in total. The predicted octanol–water partition coefficient (Wildman–Crippen LogP) is 1.61. The Morgan fingerprint density at radius 1 is 1.35 bits per heavy atom. The van der Waals surface area contributed by atoms with Crippen molar-refractivity contribution in [2.75, 3.05) is 19.5 Å². The second-order valence-corrected chi connectivity index (χ2v) is 6.80. The lowest BCUT2D eigenvalue weighted by atomic mass is 10.3. The average Bonchev–Trinajstić information content (AvgIpc) is 2.94. The van der Waals surface area contributed by atoms with Gasteiger partial charge in [0, 0.05) is 38.1 Å². The van der Waals surface area contributed by atoms with Gasteiger partial charge in [-0.15, -0.1) is 0 Å². The topological polar surface area (TPSA) is 73.2 Å². The van der Waals surface area contributed by atoms with Crippen LogP contribution in [0, 0.1) is 11.6 Å². The Kier molecular flexibility index (Phi) is 5.80. The van der Waals surface area contributed by atoms with Crippen molar-refractivity contribution < 1.29 is 21.9 Å². The number of hydrogen-bond acceptors (Lipinski definition) is 4. The molecule has 0 bridgehead atoms. The molecular weight excluding hydrogens is 328 g/mol. The maximum absolute atomic E-state index is 13.7. The van der Waals surface area contributed by atoms with Gasteiger partial charge >= 0.3 is 0 Å². The third-order valence-electron chi connectivity index (χ3n) is 3.05. The minimum absolute atomic E-state index is 0.0398. The molecule has 9 heteroatoms. The Morgan fingerprint density at radius 2 is 2.13 bits per heavy atom. The highest BCUT2D eigenvalue weighted by molar-refractivity contribution is 7.89. The molecule has 0 aliphatic heterocycles. The van der Waals surface area contributed by atoms with Gasteiger partial charge in [-0.25, -0.2) is 26.6 Å². The van der Waals surface area contributed by atoms with Crippen molar-refractivity contribution >= 4 is 10.0 Å². The lowest BCUT2D eigenvalue weighted by molar-refractivity contribution is 0.199. The van der Waals surface area contributed by atoms with E-state index in [0.717, 1.165) is 12.1 Å². The number of hydrogen-bond donors (Lipinski definition) is 1. The van der Waals surface area contributed by atoms with Crippen molar-refractivity contribution in [3.8, 4) is 5.69 Å². The van der Waals surface area contributed by atoms with Crippen molar-refractivity contribution in [3.05, 3.63) is 47.8 Å². The molecule has 126 valence electrons. The average molecular weight is 345 g/mol. The number of rotatable bonds is 8. The van der Waals surface area contributed by atoms with Gasteiger partial charge in [0.2, 0.25) is 10.0 Å². The first kappa shape index (κ1) is 17.5. The highest BCUT2D eigenvalue weighted by Crippen LogP contribution is 2.14. The molecule has 0 saturated carbocycles. The molecular formula is C14H17F2N3O3S. The molecule has 0 unspecified atom stereocenters. The van der Waals surface area contributed by atoms with Crippen LogP contribution in [0.4, 0.5) is 8.78 Å². The van der Waals surface area contributed by atoms with Gasteiger partial charge in [0.05, 0.1) is 11.9 Å². The zero-order chi connectivity index (χ0) is 16.9. The van der Waals surface area contributed by atoms with Crippen molar-refractivity contribution in [3.63, 3.8) is 0 Å². The molecule has 1 aromatic heterocycles. The number of aromatic nitrogens is 2. The van der Waals surface area contributed by atoms with Crippen LogP contribution in [0.3, 0.4) is 0 Å². The Hall–Kier alpha value is -1.84. The standard InChI is InChI=1S/C14H17F2N3O3S/c1-22-5-2-6-23(20,21)18-9-11-8-17-19(10-11)14-4-3-12(15)7-13(14)16/h3-4,7-8,10,18H,2,5-6,9H2,1H3. The van der Waals surface area contributed by atoms with Crippen LogP contribution in [0.15, 0.2) is 30.6 Å². The smallest absolute Gasteiger partial charge is 0.211 e. The molecule has 1 aromatic carbocycles. The Labute approximate surface area is 133 Å². The molecule has 0 spiro atoms. The molecule has 0 radical (unpaired) electrons. The summed E-state index contributed by atoms with van der Waals surface area (Å²) in [6.07, 6.45) is 3.29. The summed E-state index contributed by atoms with van der Waals surface area (Å²) in [4.78, 5) is 0. The van der Waals surface area contributed by atoms with Gasteiger partial charge in [0.25, 0.3) is 0 Å². The second kappa shape index (κ2) is 7.62. The van der Waals surface area contributed by atoms with E-state index in [0.29, 0.717) is 18.6 Å². The van der Waals surface area contributed by atoms with Gasteiger partial charge in [0.15, 0.2) is 5.82 Å². The van der Waals surface area contributed by atoms with Crippen LogP contribution in [0.2, 0.25) is 0 Å². The zero-order valence-corrected chi connectivity index (χ0v) is 13.3. The fraction of sp³-hybridized carbons (Fsp3) is 0.357. The number of benzene rings is 1. The number of ether oxygens (including phenoxy) is 1. The summed E-state index contributed by atoms with van der Waals surface area (Å²) in [5.74, 6) is -1.47. The van der Waals surface area contributed by atoms with Crippen molar-refractivity contribution in [2.45, 2.75) is 13.0 Å². The minimum Gasteiger partial charge on any atom is -0.385 e. The second-order valence-electron chi connectivity index (χ2n) is 4.88. The maximum atomic E-state index is 13.7. The highest BCUT2D eigenvalue weighted by atomic mass is 32.2. The first-order valence-corrected chi connectivity index (χ1v) is 8.52. The Balaban J connectivity index is 2.00. The van der Waals surface area contributed by atoms with E-state index >= 15 is 0 Å². The molecule has 6 nitrogen and oxygen atoms in total.